The number of rotatable bonds is 13. The first-order valence-corrected chi connectivity index (χ1v) is 17.0. The number of carbonyl (C=O) groups is 2. The summed E-state index contributed by atoms with van der Waals surface area (Å²) in [7, 11) is -0.198. The molecule has 0 saturated heterocycles. The summed E-state index contributed by atoms with van der Waals surface area (Å²) in [5, 5.41) is 3.30. The van der Waals surface area contributed by atoms with Crippen molar-refractivity contribution in [2.75, 3.05) is 32.2 Å². The maximum Gasteiger partial charge on any atom is 0.265 e. The fraction of sp³-hybridized carbons (Fsp3) is 0.375. The largest absolute Gasteiger partial charge is 0.495 e. The maximum atomic E-state index is 14.3. The Bertz CT molecular complexity index is 1630. The van der Waals surface area contributed by atoms with Crippen molar-refractivity contribution in [3.63, 3.8) is 0 Å². The predicted molar refractivity (Wildman–Crippen MR) is 177 cm³/mol. The molecule has 1 aliphatic rings. The molecule has 3 aromatic carbocycles. The van der Waals surface area contributed by atoms with Crippen molar-refractivity contribution in [1.29, 1.82) is 0 Å². The number of carbonyl (C=O) groups excluding carboxylic acids is 2. The number of nitrogens with zero attached hydrogens (tertiary/aromatic N) is 2. The Morgan fingerprint density at radius 1 is 0.956 bits per heavy atom. The number of hydrogen-bond donors (Lipinski definition) is 1. The lowest BCUT2D eigenvalue weighted by atomic mass is 10.1. The zero-order valence-corrected chi connectivity index (χ0v) is 28.7. The summed E-state index contributed by atoms with van der Waals surface area (Å²) >= 11 is 9.79. The van der Waals surface area contributed by atoms with Crippen molar-refractivity contribution in [3.8, 4) is 17.2 Å². The van der Waals surface area contributed by atoms with Gasteiger partial charge in [-0.05, 0) is 67.8 Å². The fourth-order valence-corrected chi connectivity index (χ4v) is 7.33. The normalized spacial score (nSPS) is 14.0. The number of anilines is 1. The van der Waals surface area contributed by atoms with Gasteiger partial charge in [-0.25, -0.2) is 8.42 Å². The highest BCUT2D eigenvalue weighted by Crippen LogP contribution is 2.37. The lowest BCUT2D eigenvalue weighted by molar-refractivity contribution is -0.139. The van der Waals surface area contributed by atoms with Crippen LogP contribution in [0.3, 0.4) is 0 Å². The average molecular weight is 723 g/mol. The Labute approximate surface area is 277 Å². The molecule has 1 saturated carbocycles. The summed E-state index contributed by atoms with van der Waals surface area (Å²) in [5.41, 5.74) is 0.812. The molecule has 3 aromatic rings. The number of methoxy groups -OCH3 is 3. The van der Waals surface area contributed by atoms with E-state index in [1.807, 2.05) is 24.3 Å². The van der Waals surface area contributed by atoms with Crippen molar-refractivity contribution in [2.45, 2.75) is 56.1 Å². The number of ether oxygens (including phenoxy) is 3. The summed E-state index contributed by atoms with van der Waals surface area (Å²) in [4.78, 5) is 29.0. The first-order chi connectivity index (χ1) is 21.5. The van der Waals surface area contributed by atoms with Crippen molar-refractivity contribution in [1.82, 2.24) is 10.2 Å². The summed E-state index contributed by atoms with van der Waals surface area (Å²) in [6.07, 6.45) is 3.82. The second kappa shape index (κ2) is 15.2. The highest BCUT2D eigenvalue weighted by atomic mass is 79.9. The lowest BCUT2D eigenvalue weighted by Gasteiger charge is -2.33. The monoisotopic (exact) mass is 721 g/mol. The zero-order valence-electron chi connectivity index (χ0n) is 25.6. The lowest BCUT2D eigenvalue weighted by Crippen LogP contribution is -2.52. The van der Waals surface area contributed by atoms with Crippen LogP contribution < -0.4 is 23.8 Å². The van der Waals surface area contributed by atoms with Gasteiger partial charge in [0.2, 0.25) is 11.8 Å². The van der Waals surface area contributed by atoms with Gasteiger partial charge in [0.25, 0.3) is 10.0 Å². The van der Waals surface area contributed by atoms with E-state index in [9.17, 15) is 18.0 Å². The van der Waals surface area contributed by atoms with E-state index in [-0.39, 0.29) is 45.6 Å². The molecule has 0 heterocycles. The van der Waals surface area contributed by atoms with Gasteiger partial charge in [0.15, 0.2) is 11.5 Å². The second-order valence-electron chi connectivity index (χ2n) is 10.7. The molecule has 0 radical (unpaired) electrons. The van der Waals surface area contributed by atoms with E-state index < -0.39 is 28.5 Å². The molecule has 4 rings (SSSR count). The smallest absolute Gasteiger partial charge is 0.265 e. The zero-order chi connectivity index (χ0) is 32.7. The molecule has 1 N–H and O–H groups in total. The van der Waals surface area contributed by atoms with E-state index >= 15 is 0 Å². The van der Waals surface area contributed by atoms with Crippen LogP contribution in [0.1, 0.15) is 38.2 Å². The van der Waals surface area contributed by atoms with Crippen LogP contribution in [0.15, 0.2) is 70.0 Å². The predicted octanol–water partition coefficient (Wildman–Crippen LogP) is 5.80. The Morgan fingerprint density at radius 3 is 2.27 bits per heavy atom. The van der Waals surface area contributed by atoms with Crippen LogP contribution in [-0.4, -0.2) is 65.1 Å². The number of benzene rings is 3. The minimum absolute atomic E-state index is 0.0421. The number of hydrogen-bond acceptors (Lipinski definition) is 7. The topological polar surface area (TPSA) is 114 Å². The molecule has 10 nitrogen and oxygen atoms in total. The molecule has 0 bridgehead atoms. The number of halogens is 2. The van der Waals surface area contributed by atoms with E-state index in [1.54, 1.807) is 13.0 Å². The standard InChI is InChI=1S/C32H37BrClN3O7S/c1-21(32(39)35-25-10-5-6-11-25)36(19-22-8-7-9-23(33)16-22)31(38)20-37(27-17-24(34)12-14-28(27)42-2)45(40,41)26-13-15-29(43-3)30(18-26)44-4/h7-9,12-18,21,25H,5-6,10-11,19-20H2,1-4H3,(H,35,39)/t21-/m1/s1. The molecule has 0 unspecified atom stereocenters. The van der Waals surface area contributed by atoms with Crippen LogP contribution in [-0.2, 0) is 26.2 Å². The molecule has 1 fully saturated rings. The summed E-state index contributed by atoms with van der Waals surface area (Å²) in [5.74, 6) is -0.199. The average Bonchev–Trinajstić information content (AvgIpc) is 3.54. The Balaban J connectivity index is 1.78. The molecule has 2 amide bonds. The highest BCUT2D eigenvalue weighted by molar-refractivity contribution is 9.10. The first kappa shape index (κ1) is 34.4. The van der Waals surface area contributed by atoms with Crippen LogP contribution >= 0.6 is 27.5 Å². The molecule has 1 atom stereocenters. The van der Waals surface area contributed by atoms with Gasteiger partial charge in [-0.15, -0.1) is 0 Å². The third-order valence-corrected chi connectivity index (χ3v) is 10.2. The molecule has 0 aliphatic heterocycles. The molecular weight excluding hydrogens is 686 g/mol. The van der Waals surface area contributed by atoms with Gasteiger partial charge in [0.1, 0.15) is 18.3 Å². The summed E-state index contributed by atoms with van der Waals surface area (Å²) < 4.78 is 46.6. The third-order valence-electron chi connectivity index (χ3n) is 7.74. The second-order valence-corrected chi connectivity index (χ2v) is 13.9. The van der Waals surface area contributed by atoms with Crippen molar-refractivity contribution < 1.29 is 32.2 Å². The number of nitrogens with one attached hydrogen (secondary N) is 1. The number of amides is 2. The third kappa shape index (κ3) is 8.22. The van der Waals surface area contributed by atoms with Crippen LogP contribution in [0.5, 0.6) is 17.2 Å². The molecule has 1 aliphatic carbocycles. The molecule has 0 spiro atoms. The van der Waals surface area contributed by atoms with Crippen LogP contribution in [0.2, 0.25) is 5.02 Å². The van der Waals surface area contributed by atoms with Crippen LogP contribution in [0.4, 0.5) is 5.69 Å². The van der Waals surface area contributed by atoms with Gasteiger partial charge < -0.3 is 24.4 Å². The van der Waals surface area contributed by atoms with E-state index in [2.05, 4.69) is 21.2 Å². The van der Waals surface area contributed by atoms with Gasteiger partial charge in [-0.3, -0.25) is 13.9 Å². The van der Waals surface area contributed by atoms with Crippen molar-refractivity contribution in [3.05, 3.63) is 75.7 Å². The highest BCUT2D eigenvalue weighted by Gasteiger charge is 2.35. The first-order valence-electron chi connectivity index (χ1n) is 14.4. The van der Waals surface area contributed by atoms with Gasteiger partial charge in [-0.2, -0.15) is 0 Å². The van der Waals surface area contributed by atoms with E-state index in [4.69, 9.17) is 25.8 Å². The SMILES string of the molecule is COc1ccc(S(=O)(=O)N(CC(=O)N(Cc2cccc(Br)c2)[C@H](C)C(=O)NC2CCCC2)c2cc(Cl)ccc2OC)cc1OC. The Hall–Kier alpha value is -3.48. The van der Waals surface area contributed by atoms with Gasteiger partial charge in [0, 0.05) is 28.1 Å². The number of sulfonamides is 1. The minimum Gasteiger partial charge on any atom is -0.495 e. The van der Waals surface area contributed by atoms with Gasteiger partial charge >= 0.3 is 0 Å². The summed E-state index contributed by atoms with van der Waals surface area (Å²) in [6, 6.07) is 15.2. The fourth-order valence-electron chi connectivity index (χ4n) is 5.28. The minimum atomic E-state index is -4.43. The quantitative estimate of drug-likeness (QED) is 0.237. The van der Waals surface area contributed by atoms with E-state index in [0.29, 0.717) is 5.75 Å². The van der Waals surface area contributed by atoms with E-state index in [0.717, 1.165) is 40.0 Å². The molecular formula is C32H37BrClN3O7S. The van der Waals surface area contributed by atoms with Crippen LogP contribution in [0.25, 0.3) is 0 Å². The Kier molecular flexibility index (Phi) is 11.6. The van der Waals surface area contributed by atoms with Crippen molar-refractivity contribution >= 4 is 55.1 Å². The Morgan fingerprint density at radius 2 is 1.62 bits per heavy atom. The van der Waals surface area contributed by atoms with Crippen LogP contribution in [0, 0.1) is 0 Å². The summed E-state index contributed by atoms with van der Waals surface area (Å²) in [6.45, 7) is 1.06. The van der Waals surface area contributed by atoms with E-state index in [1.165, 1.54) is 56.6 Å². The van der Waals surface area contributed by atoms with Crippen molar-refractivity contribution in [2.24, 2.45) is 0 Å². The maximum absolute atomic E-state index is 14.3. The molecule has 0 aromatic heterocycles. The molecule has 45 heavy (non-hydrogen) atoms. The molecule has 242 valence electrons. The molecule has 13 heteroatoms. The van der Waals surface area contributed by atoms with Gasteiger partial charge in [0.05, 0.1) is 31.9 Å². The van der Waals surface area contributed by atoms with Gasteiger partial charge in [-0.1, -0.05) is 52.5 Å².